The Morgan fingerprint density at radius 3 is 2.64 bits per heavy atom. The van der Waals surface area contributed by atoms with Crippen LogP contribution in [0.25, 0.3) is 11.3 Å². The maximum absolute atomic E-state index is 12.9. The monoisotopic (exact) mass is 338 g/mol. The van der Waals surface area contributed by atoms with E-state index in [1.165, 1.54) is 0 Å². The third-order valence-electron chi connectivity index (χ3n) is 4.47. The number of nitrogens with one attached hydrogen (secondary N) is 1. The van der Waals surface area contributed by atoms with Crippen LogP contribution in [0.4, 0.5) is 0 Å². The van der Waals surface area contributed by atoms with Crippen molar-refractivity contribution in [2.24, 2.45) is 0 Å². The average Bonchev–Trinajstić information content (AvgIpc) is 3.31. The van der Waals surface area contributed by atoms with Crippen LogP contribution in [-0.4, -0.2) is 49.4 Å². The molecule has 0 aliphatic carbocycles. The maximum atomic E-state index is 12.9. The lowest BCUT2D eigenvalue weighted by atomic mass is 9.96. The highest BCUT2D eigenvalue weighted by Crippen LogP contribution is 2.28. The highest BCUT2D eigenvalue weighted by atomic mass is 16.5. The number of hydrogen-bond acceptors (Lipinski definition) is 6. The molecule has 0 spiro atoms. The van der Waals surface area contributed by atoms with Gasteiger partial charge in [-0.25, -0.2) is 0 Å². The van der Waals surface area contributed by atoms with Crippen molar-refractivity contribution in [1.82, 2.24) is 30.5 Å². The third-order valence-corrected chi connectivity index (χ3v) is 4.47. The van der Waals surface area contributed by atoms with E-state index >= 15 is 0 Å². The molecule has 3 aromatic rings. The van der Waals surface area contributed by atoms with Crippen molar-refractivity contribution in [2.75, 3.05) is 13.1 Å². The largest absolute Gasteiger partial charge is 0.339 e. The normalized spacial score (nSPS) is 15.5. The third kappa shape index (κ3) is 3.02. The van der Waals surface area contributed by atoms with Gasteiger partial charge >= 0.3 is 0 Å². The van der Waals surface area contributed by atoms with Gasteiger partial charge in [0.05, 0.1) is 0 Å². The van der Waals surface area contributed by atoms with E-state index in [1.807, 2.05) is 35.2 Å². The summed E-state index contributed by atoms with van der Waals surface area (Å²) < 4.78 is 5.26. The summed E-state index contributed by atoms with van der Waals surface area (Å²) in [5, 5.41) is 14.6. The summed E-state index contributed by atoms with van der Waals surface area (Å²) in [4.78, 5) is 19.0. The number of aromatic nitrogens is 5. The molecule has 1 aliphatic rings. The molecule has 2 aromatic heterocycles. The molecule has 0 saturated carbocycles. The van der Waals surface area contributed by atoms with Gasteiger partial charge in [-0.05, 0) is 19.8 Å². The minimum Gasteiger partial charge on any atom is -0.339 e. The van der Waals surface area contributed by atoms with Crippen LogP contribution in [-0.2, 0) is 0 Å². The Bertz CT molecular complexity index is 864. The van der Waals surface area contributed by atoms with Gasteiger partial charge in [-0.15, -0.1) is 0 Å². The van der Waals surface area contributed by atoms with E-state index in [-0.39, 0.29) is 11.8 Å². The van der Waals surface area contributed by atoms with Crippen LogP contribution in [0.3, 0.4) is 0 Å². The van der Waals surface area contributed by atoms with E-state index in [1.54, 1.807) is 6.92 Å². The van der Waals surface area contributed by atoms with Gasteiger partial charge in [-0.3, -0.25) is 4.79 Å². The van der Waals surface area contributed by atoms with Crippen LogP contribution in [0, 0.1) is 6.92 Å². The standard InChI is InChI=1S/C17H18N6O2/c1-11-18-16(25-21-11)13-7-9-23(10-8-13)17(24)15-14(19-22-20-15)12-5-3-2-4-6-12/h2-6,13H,7-10H2,1H3,(H,19,20,22). The number of piperidine rings is 1. The topological polar surface area (TPSA) is 101 Å². The zero-order chi connectivity index (χ0) is 17.2. The van der Waals surface area contributed by atoms with Crippen molar-refractivity contribution in [3.63, 3.8) is 0 Å². The first-order chi connectivity index (χ1) is 12.2. The lowest BCUT2D eigenvalue weighted by Crippen LogP contribution is -2.38. The molecule has 0 bridgehead atoms. The van der Waals surface area contributed by atoms with E-state index in [2.05, 4.69) is 25.6 Å². The Hall–Kier alpha value is -3.03. The molecule has 1 amide bonds. The average molecular weight is 338 g/mol. The lowest BCUT2D eigenvalue weighted by Gasteiger charge is -2.29. The minimum atomic E-state index is -0.104. The van der Waals surface area contributed by atoms with Crippen molar-refractivity contribution >= 4 is 5.91 Å². The molecule has 0 atom stereocenters. The summed E-state index contributed by atoms with van der Waals surface area (Å²) in [7, 11) is 0. The first kappa shape index (κ1) is 15.5. The molecular weight excluding hydrogens is 320 g/mol. The lowest BCUT2D eigenvalue weighted by molar-refractivity contribution is 0.0699. The zero-order valence-electron chi connectivity index (χ0n) is 13.8. The second kappa shape index (κ2) is 6.46. The number of benzene rings is 1. The number of aromatic amines is 1. The predicted octanol–water partition coefficient (Wildman–Crippen LogP) is 2.18. The van der Waals surface area contributed by atoms with Crippen molar-refractivity contribution in [2.45, 2.75) is 25.7 Å². The summed E-state index contributed by atoms with van der Waals surface area (Å²) in [6, 6.07) is 9.58. The summed E-state index contributed by atoms with van der Waals surface area (Å²) >= 11 is 0. The first-order valence-electron chi connectivity index (χ1n) is 8.28. The number of hydrogen-bond donors (Lipinski definition) is 1. The first-order valence-corrected chi connectivity index (χ1v) is 8.28. The molecule has 0 radical (unpaired) electrons. The fourth-order valence-electron chi connectivity index (χ4n) is 3.14. The van der Waals surface area contributed by atoms with Gasteiger partial charge in [0, 0.05) is 24.6 Å². The van der Waals surface area contributed by atoms with Gasteiger partial charge in [-0.1, -0.05) is 35.5 Å². The van der Waals surface area contributed by atoms with Gasteiger partial charge in [0.25, 0.3) is 5.91 Å². The number of carbonyl (C=O) groups is 1. The number of rotatable bonds is 3. The molecule has 1 N–H and O–H groups in total. The molecule has 1 saturated heterocycles. The SMILES string of the molecule is Cc1noc(C2CCN(C(=O)c3n[nH]nc3-c3ccccc3)CC2)n1. The molecule has 4 rings (SSSR count). The Morgan fingerprint density at radius 2 is 1.96 bits per heavy atom. The second-order valence-electron chi connectivity index (χ2n) is 6.13. The van der Waals surface area contributed by atoms with E-state index in [9.17, 15) is 4.79 Å². The maximum Gasteiger partial charge on any atom is 0.276 e. The number of carbonyl (C=O) groups excluding carboxylic acids is 1. The highest BCUT2D eigenvalue weighted by molar-refractivity contribution is 5.97. The number of aryl methyl sites for hydroxylation is 1. The fraction of sp³-hybridized carbons (Fsp3) is 0.353. The van der Waals surface area contributed by atoms with E-state index < -0.39 is 0 Å². The predicted molar refractivity (Wildman–Crippen MR) is 88.7 cm³/mol. The zero-order valence-corrected chi connectivity index (χ0v) is 13.8. The second-order valence-corrected chi connectivity index (χ2v) is 6.13. The van der Waals surface area contributed by atoms with Crippen molar-refractivity contribution in [3.8, 4) is 11.3 Å². The summed E-state index contributed by atoms with van der Waals surface area (Å²) in [5.74, 6) is 1.41. The molecular formula is C17H18N6O2. The Kier molecular flexibility index (Phi) is 4.01. The Labute approximate surface area is 144 Å². The molecule has 0 unspecified atom stereocenters. The summed E-state index contributed by atoms with van der Waals surface area (Å²) in [5.41, 5.74) is 1.81. The van der Waals surface area contributed by atoms with Gasteiger partial charge in [-0.2, -0.15) is 20.4 Å². The quantitative estimate of drug-likeness (QED) is 0.785. The van der Waals surface area contributed by atoms with E-state index in [0.717, 1.165) is 18.4 Å². The van der Waals surface area contributed by atoms with Gasteiger partial charge in [0.2, 0.25) is 5.89 Å². The molecule has 3 heterocycles. The molecule has 8 heteroatoms. The van der Waals surface area contributed by atoms with Crippen LogP contribution in [0.15, 0.2) is 34.9 Å². The Balaban J connectivity index is 1.47. The van der Waals surface area contributed by atoms with Crippen LogP contribution in [0.5, 0.6) is 0 Å². The van der Waals surface area contributed by atoms with Crippen molar-refractivity contribution in [1.29, 1.82) is 0 Å². The van der Waals surface area contributed by atoms with E-state index in [4.69, 9.17) is 4.52 Å². The van der Waals surface area contributed by atoms with Gasteiger partial charge in [0.15, 0.2) is 11.5 Å². The van der Waals surface area contributed by atoms with Crippen molar-refractivity contribution < 1.29 is 9.32 Å². The molecule has 1 fully saturated rings. The smallest absolute Gasteiger partial charge is 0.276 e. The number of likely N-dealkylation sites (tertiary alicyclic amines) is 1. The highest BCUT2D eigenvalue weighted by Gasteiger charge is 2.30. The van der Waals surface area contributed by atoms with Crippen LogP contribution >= 0.6 is 0 Å². The Morgan fingerprint density at radius 1 is 1.20 bits per heavy atom. The van der Waals surface area contributed by atoms with Crippen LogP contribution in [0.1, 0.15) is 41.0 Å². The van der Waals surface area contributed by atoms with Crippen LogP contribution in [0.2, 0.25) is 0 Å². The summed E-state index contributed by atoms with van der Waals surface area (Å²) in [6.45, 7) is 3.07. The molecule has 25 heavy (non-hydrogen) atoms. The van der Waals surface area contributed by atoms with E-state index in [0.29, 0.717) is 36.2 Å². The molecule has 1 aliphatic heterocycles. The van der Waals surface area contributed by atoms with Crippen LogP contribution < -0.4 is 0 Å². The summed E-state index contributed by atoms with van der Waals surface area (Å²) in [6.07, 6.45) is 1.60. The number of nitrogens with zero attached hydrogens (tertiary/aromatic N) is 5. The van der Waals surface area contributed by atoms with Gasteiger partial charge in [0.1, 0.15) is 5.69 Å². The van der Waals surface area contributed by atoms with Crippen molar-refractivity contribution in [3.05, 3.63) is 47.7 Å². The molecule has 1 aromatic carbocycles. The van der Waals surface area contributed by atoms with Gasteiger partial charge < -0.3 is 9.42 Å². The number of H-pyrrole nitrogens is 1. The molecule has 8 nitrogen and oxygen atoms in total. The number of amides is 1. The fourth-order valence-corrected chi connectivity index (χ4v) is 3.14. The minimum absolute atomic E-state index is 0.104. The molecule has 128 valence electrons.